The monoisotopic (exact) mass is 234 g/mol. The average molecular weight is 234 g/mol. The molecule has 3 nitrogen and oxygen atoms in total. The Hall–Kier alpha value is -1.35. The van der Waals surface area contributed by atoms with E-state index in [0.717, 1.165) is 18.4 Å². The number of carbonyl (C=O) groups excluding carboxylic acids is 1. The van der Waals surface area contributed by atoms with Gasteiger partial charge in [-0.1, -0.05) is 31.5 Å². The molecular formula is C14H22N2O. The van der Waals surface area contributed by atoms with Crippen LogP contribution in [0.25, 0.3) is 0 Å². The number of nitrogens with two attached hydrogens (primary N) is 1. The summed E-state index contributed by atoms with van der Waals surface area (Å²) in [5, 5.41) is 3.46. The topological polar surface area (TPSA) is 55.1 Å². The van der Waals surface area contributed by atoms with E-state index in [2.05, 4.69) is 26.1 Å². The van der Waals surface area contributed by atoms with Gasteiger partial charge in [-0.25, -0.2) is 0 Å². The number of carbonyl (C=O) groups is 1. The fourth-order valence-electron chi connectivity index (χ4n) is 1.96. The molecule has 17 heavy (non-hydrogen) atoms. The normalized spacial score (nSPS) is 11.5. The molecule has 0 unspecified atom stereocenters. The van der Waals surface area contributed by atoms with Gasteiger partial charge >= 0.3 is 0 Å². The van der Waals surface area contributed by atoms with Crippen molar-refractivity contribution in [2.75, 3.05) is 0 Å². The molecule has 0 spiro atoms. The predicted molar refractivity (Wildman–Crippen MR) is 70.8 cm³/mol. The van der Waals surface area contributed by atoms with Gasteiger partial charge in [0.1, 0.15) is 0 Å². The Morgan fingerprint density at radius 1 is 1.35 bits per heavy atom. The molecule has 1 aromatic rings. The molecule has 0 aliphatic carbocycles. The lowest BCUT2D eigenvalue weighted by Gasteiger charge is -2.26. The summed E-state index contributed by atoms with van der Waals surface area (Å²) in [6.45, 7) is 7.18. The number of rotatable bonds is 6. The van der Waals surface area contributed by atoms with Crippen molar-refractivity contribution in [1.29, 1.82) is 0 Å². The molecule has 94 valence electrons. The minimum atomic E-state index is -0.365. The van der Waals surface area contributed by atoms with Crippen LogP contribution in [0.3, 0.4) is 0 Å². The van der Waals surface area contributed by atoms with E-state index in [1.807, 2.05) is 18.2 Å². The summed E-state index contributed by atoms with van der Waals surface area (Å²) in [6, 6.07) is 7.47. The van der Waals surface area contributed by atoms with Gasteiger partial charge in [-0.2, -0.15) is 0 Å². The molecule has 0 heterocycles. The third-order valence-electron chi connectivity index (χ3n) is 2.92. The Morgan fingerprint density at radius 2 is 2.00 bits per heavy atom. The van der Waals surface area contributed by atoms with Gasteiger partial charge in [-0.15, -0.1) is 0 Å². The first-order valence-electron chi connectivity index (χ1n) is 6.09. The molecule has 1 rings (SSSR count). The van der Waals surface area contributed by atoms with Crippen LogP contribution in [0.2, 0.25) is 0 Å². The highest BCUT2D eigenvalue weighted by Crippen LogP contribution is 2.14. The zero-order chi connectivity index (χ0) is 12.9. The van der Waals surface area contributed by atoms with Gasteiger partial charge in [0.2, 0.25) is 5.91 Å². The third-order valence-corrected chi connectivity index (χ3v) is 2.92. The molecule has 1 amide bonds. The van der Waals surface area contributed by atoms with E-state index in [4.69, 9.17) is 5.73 Å². The number of benzene rings is 1. The second kappa shape index (κ2) is 5.82. The first kappa shape index (κ1) is 13.7. The van der Waals surface area contributed by atoms with E-state index < -0.39 is 0 Å². The molecule has 0 radical (unpaired) electrons. The third kappa shape index (κ3) is 4.19. The van der Waals surface area contributed by atoms with E-state index >= 15 is 0 Å². The highest BCUT2D eigenvalue weighted by Gasteiger charge is 2.16. The standard InChI is InChI=1S/C14H22N2O/c1-4-9-14(2,3)16-10-11-7-5-6-8-12(11)13(15)17/h5-8,16H,4,9-10H2,1-3H3,(H2,15,17). The van der Waals surface area contributed by atoms with Gasteiger partial charge in [0.05, 0.1) is 0 Å². The molecule has 0 atom stereocenters. The van der Waals surface area contributed by atoms with E-state index in [1.54, 1.807) is 6.07 Å². The Labute approximate surface area is 103 Å². The summed E-state index contributed by atoms with van der Waals surface area (Å²) in [6.07, 6.45) is 2.24. The van der Waals surface area contributed by atoms with Gasteiger partial charge in [0.25, 0.3) is 0 Å². The average Bonchev–Trinajstić information content (AvgIpc) is 2.27. The molecule has 0 aliphatic heterocycles. The van der Waals surface area contributed by atoms with Crippen LogP contribution in [0.4, 0.5) is 0 Å². The smallest absolute Gasteiger partial charge is 0.249 e. The minimum Gasteiger partial charge on any atom is -0.366 e. The van der Waals surface area contributed by atoms with Crippen LogP contribution < -0.4 is 11.1 Å². The molecule has 0 saturated heterocycles. The zero-order valence-electron chi connectivity index (χ0n) is 10.9. The lowest BCUT2D eigenvalue weighted by molar-refractivity contribution is 0.0999. The highest BCUT2D eigenvalue weighted by molar-refractivity contribution is 5.94. The summed E-state index contributed by atoms with van der Waals surface area (Å²) in [5.74, 6) is -0.365. The molecule has 0 aliphatic rings. The molecule has 3 heteroatoms. The van der Waals surface area contributed by atoms with Crippen molar-refractivity contribution in [2.24, 2.45) is 5.73 Å². The summed E-state index contributed by atoms with van der Waals surface area (Å²) >= 11 is 0. The minimum absolute atomic E-state index is 0.0828. The number of nitrogens with one attached hydrogen (secondary N) is 1. The van der Waals surface area contributed by atoms with Crippen LogP contribution in [0.15, 0.2) is 24.3 Å². The zero-order valence-corrected chi connectivity index (χ0v) is 10.9. The summed E-state index contributed by atoms with van der Waals surface area (Å²) in [5.41, 5.74) is 6.99. The van der Waals surface area contributed by atoms with Crippen LogP contribution in [0, 0.1) is 0 Å². The maximum absolute atomic E-state index is 11.3. The van der Waals surface area contributed by atoms with Crippen LogP contribution in [0.5, 0.6) is 0 Å². The molecule has 3 N–H and O–H groups in total. The van der Waals surface area contributed by atoms with Gasteiger partial charge in [0, 0.05) is 17.6 Å². The number of hydrogen-bond acceptors (Lipinski definition) is 2. The first-order valence-corrected chi connectivity index (χ1v) is 6.09. The molecular weight excluding hydrogens is 212 g/mol. The second-order valence-electron chi connectivity index (χ2n) is 5.01. The number of amides is 1. The molecule has 0 fully saturated rings. The van der Waals surface area contributed by atoms with Gasteiger partial charge in [0.15, 0.2) is 0 Å². The summed E-state index contributed by atoms with van der Waals surface area (Å²) in [7, 11) is 0. The molecule has 1 aromatic carbocycles. The second-order valence-corrected chi connectivity index (χ2v) is 5.01. The largest absolute Gasteiger partial charge is 0.366 e. The van der Waals surface area contributed by atoms with E-state index in [9.17, 15) is 4.79 Å². The number of primary amides is 1. The quantitative estimate of drug-likeness (QED) is 0.794. The lowest BCUT2D eigenvalue weighted by atomic mass is 9.98. The van der Waals surface area contributed by atoms with Crippen molar-refractivity contribution >= 4 is 5.91 Å². The van der Waals surface area contributed by atoms with Crippen molar-refractivity contribution in [2.45, 2.75) is 45.7 Å². The SMILES string of the molecule is CCCC(C)(C)NCc1ccccc1C(N)=O. The van der Waals surface area contributed by atoms with Crippen molar-refractivity contribution < 1.29 is 4.79 Å². The van der Waals surface area contributed by atoms with Gasteiger partial charge in [-0.05, 0) is 31.9 Å². The fraction of sp³-hybridized carbons (Fsp3) is 0.500. The van der Waals surface area contributed by atoms with Crippen molar-refractivity contribution in [3.63, 3.8) is 0 Å². The maximum atomic E-state index is 11.3. The maximum Gasteiger partial charge on any atom is 0.249 e. The van der Waals surface area contributed by atoms with Crippen LogP contribution >= 0.6 is 0 Å². The van der Waals surface area contributed by atoms with Crippen molar-refractivity contribution in [3.05, 3.63) is 35.4 Å². The Kier molecular flexibility index (Phi) is 4.70. The van der Waals surface area contributed by atoms with Crippen molar-refractivity contribution in [1.82, 2.24) is 5.32 Å². The molecule has 0 saturated carbocycles. The van der Waals surface area contributed by atoms with E-state index in [0.29, 0.717) is 12.1 Å². The Morgan fingerprint density at radius 3 is 2.59 bits per heavy atom. The molecule has 0 bridgehead atoms. The number of hydrogen-bond donors (Lipinski definition) is 2. The van der Waals surface area contributed by atoms with Gasteiger partial charge < -0.3 is 11.1 Å². The Balaban J connectivity index is 2.72. The summed E-state index contributed by atoms with van der Waals surface area (Å²) in [4.78, 5) is 11.3. The van der Waals surface area contributed by atoms with Crippen LogP contribution in [-0.2, 0) is 6.54 Å². The van der Waals surface area contributed by atoms with E-state index in [1.165, 1.54) is 0 Å². The predicted octanol–water partition coefficient (Wildman–Crippen LogP) is 2.45. The van der Waals surface area contributed by atoms with Gasteiger partial charge in [-0.3, -0.25) is 4.79 Å². The van der Waals surface area contributed by atoms with Crippen molar-refractivity contribution in [3.8, 4) is 0 Å². The first-order chi connectivity index (χ1) is 7.96. The Bertz CT molecular complexity index is 386. The van der Waals surface area contributed by atoms with E-state index in [-0.39, 0.29) is 11.4 Å². The highest BCUT2D eigenvalue weighted by atomic mass is 16.1. The summed E-state index contributed by atoms with van der Waals surface area (Å²) < 4.78 is 0. The molecule has 0 aromatic heterocycles. The van der Waals surface area contributed by atoms with Crippen LogP contribution in [-0.4, -0.2) is 11.4 Å². The fourth-order valence-corrected chi connectivity index (χ4v) is 1.96. The van der Waals surface area contributed by atoms with Crippen LogP contribution in [0.1, 0.15) is 49.5 Å². The lowest BCUT2D eigenvalue weighted by Crippen LogP contribution is -2.38.